The Morgan fingerprint density at radius 3 is 2.41 bits per heavy atom. The quantitative estimate of drug-likeness (QED) is 0.509. The summed E-state index contributed by atoms with van der Waals surface area (Å²) < 4.78 is 0. The number of hydroxylamine groups is 2. The molecule has 0 radical (unpaired) electrons. The van der Waals surface area contributed by atoms with E-state index in [2.05, 4.69) is 37.9 Å². The maximum absolute atomic E-state index is 12.8. The van der Waals surface area contributed by atoms with E-state index in [4.69, 9.17) is 0 Å². The molecule has 0 aromatic heterocycles. The Morgan fingerprint density at radius 2 is 1.68 bits per heavy atom. The van der Waals surface area contributed by atoms with E-state index < -0.39 is 11.1 Å². The minimum absolute atomic E-state index is 0.0402. The Morgan fingerprint density at radius 1 is 1.00 bits per heavy atom. The molecule has 3 fully saturated rings. The summed E-state index contributed by atoms with van der Waals surface area (Å²) in [6, 6.07) is 0.0561. The van der Waals surface area contributed by atoms with Crippen LogP contribution in [0.2, 0.25) is 0 Å². The minimum Gasteiger partial charge on any atom is -0.600 e. The molecule has 120 valence electrons. The molecule has 0 N–H and O–H groups in total. The van der Waals surface area contributed by atoms with Crippen molar-refractivity contribution < 1.29 is 9.72 Å². The highest BCUT2D eigenvalue weighted by Gasteiger charge is 2.87. The van der Waals surface area contributed by atoms with Crippen LogP contribution in [0, 0.1) is 39.5 Å². The SMILES string of the molecule is CC1(C)[C@]2(C)N=[N+]([O-])[C@@H]3[C@@H]4CCC[C@@H]4[C@@H]4N=[N+]([O-])[C@@]1(C)[C@@H]4[C@@H]32. The van der Waals surface area contributed by atoms with E-state index in [0.29, 0.717) is 11.8 Å². The summed E-state index contributed by atoms with van der Waals surface area (Å²) in [6.45, 7) is 8.40. The lowest BCUT2D eigenvalue weighted by Gasteiger charge is -2.39. The van der Waals surface area contributed by atoms with Crippen LogP contribution in [0.4, 0.5) is 0 Å². The van der Waals surface area contributed by atoms with Crippen LogP contribution in [0.15, 0.2) is 10.2 Å². The van der Waals surface area contributed by atoms with Gasteiger partial charge in [-0.2, -0.15) is 0 Å². The molecule has 22 heavy (non-hydrogen) atoms. The monoisotopic (exact) mass is 304 g/mol. The molecule has 0 spiro atoms. The molecular formula is C16H24N4O2. The summed E-state index contributed by atoms with van der Waals surface area (Å²) >= 11 is 0. The van der Waals surface area contributed by atoms with Crippen LogP contribution in [0.1, 0.15) is 47.0 Å². The number of rotatable bonds is 0. The third-order valence-corrected chi connectivity index (χ3v) is 8.65. The van der Waals surface area contributed by atoms with Crippen molar-refractivity contribution in [2.45, 2.75) is 70.1 Å². The molecule has 0 unspecified atom stereocenters. The number of fused-ring (bicyclic) bond motifs is 3. The summed E-state index contributed by atoms with van der Waals surface area (Å²) in [5.41, 5.74) is -1.37. The Kier molecular flexibility index (Phi) is 2.01. The van der Waals surface area contributed by atoms with Crippen molar-refractivity contribution in [3.05, 3.63) is 10.4 Å². The Hall–Kier alpha value is -1.20. The number of hydrogen-bond acceptors (Lipinski definition) is 4. The summed E-state index contributed by atoms with van der Waals surface area (Å²) in [6.07, 6.45) is 3.35. The van der Waals surface area contributed by atoms with E-state index in [-0.39, 0.29) is 29.3 Å². The van der Waals surface area contributed by atoms with Crippen LogP contribution in [0.25, 0.3) is 0 Å². The van der Waals surface area contributed by atoms with Crippen LogP contribution in [0.3, 0.4) is 0 Å². The Labute approximate surface area is 130 Å². The van der Waals surface area contributed by atoms with Crippen LogP contribution in [-0.4, -0.2) is 32.9 Å². The molecule has 6 heteroatoms. The van der Waals surface area contributed by atoms with E-state index >= 15 is 0 Å². The summed E-state index contributed by atoms with van der Waals surface area (Å²) in [5, 5.41) is 34.7. The van der Waals surface area contributed by atoms with Gasteiger partial charge in [0, 0.05) is 12.8 Å². The zero-order chi connectivity index (χ0) is 15.7. The van der Waals surface area contributed by atoms with Crippen LogP contribution in [-0.2, 0) is 0 Å². The molecule has 3 aliphatic carbocycles. The Balaban J connectivity index is 1.80. The van der Waals surface area contributed by atoms with Gasteiger partial charge in [-0.15, -0.1) is 0 Å². The van der Waals surface area contributed by atoms with Gasteiger partial charge in [0.15, 0.2) is 6.04 Å². The van der Waals surface area contributed by atoms with Gasteiger partial charge in [0.1, 0.15) is 11.6 Å². The van der Waals surface area contributed by atoms with Gasteiger partial charge in [0.25, 0.3) is 0 Å². The van der Waals surface area contributed by atoms with Crippen LogP contribution >= 0.6 is 0 Å². The molecule has 0 amide bonds. The highest BCUT2D eigenvalue weighted by atomic mass is 16.5. The predicted octanol–water partition coefficient (Wildman–Crippen LogP) is 2.90. The van der Waals surface area contributed by atoms with Gasteiger partial charge in [-0.3, -0.25) is 0 Å². The zero-order valence-electron chi connectivity index (χ0n) is 13.7. The van der Waals surface area contributed by atoms with Crippen molar-refractivity contribution in [2.75, 3.05) is 0 Å². The molecule has 3 saturated carbocycles. The van der Waals surface area contributed by atoms with E-state index in [1.807, 2.05) is 0 Å². The van der Waals surface area contributed by atoms with Crippen LogP contribution < -0.4 is 0 Å². The number of nitrogens with zero attached hydrogens (tertiary/aromatic N) is 4. The largest absolute Gasteiger partial charge is 0.600 e. The van der Waals surface area contributed by atoms with E-state index in [9.17, 15) is 10.4 Å². The fraction of sp³-hybridized carbons (Fsp3) is 1.00. The van der Waals surface area contributed by atoms with E-state index in [1.165, 1.54) is 0 Å². The molecule has 6 nitrogen and oxygen atoms in total. The van der Waals surface area contributed by atoms with Gasteiger partial charge in [0.05, 0.1) is 17.3 Å². The summed E-state index contributed by atoms with van der Waals surface area (Å²) in [7, 11) is 0. The van der Waals surface area contributed by atoms with Crippen molar-refractivity contribution in [3.8, 4) is 0 Å². The molecular weight excluding hydrogens is 280 g/mol. The first-order valence-electron chi connectivity index (χ1n) is 8.62. The highest BCUT2D eigenvalue weighted by Crippen LogP contribution is 2.72. The molecule has 5 rings (SSSR count). The van der Waals surface area contributed by atoms with Crippen molar-refractivity contribution >= 4 is 0 Å². The summed E-state index contributed by atoms with van der Waals surface area (Å²) in [4.78, 5) is 2.03. The predicted molar refractivity (Wildman–Crippen MR) is 78.1 cm³/mol. The van der Waals surface area contributed by atoms with Gasteiger partial charge in [-0.05, 0) is 35.9 Å². The van der Waals surface area contributed by atoms with Crippen molar-refractivity contribution in [2.24, 2.45) is 39.3 Å². The second-order valence-electron chi connectivity index (χ2n) is 9.00. The fourth-order valence-electron chi connectivity index (χ4n) is 7.06. The Bertz CT molecular complexity index is 644. The first kappa shape index (κ1) is 13.3. The first-order valence-corrected chi connectivity index (χ1v) is 8.62. The molecule has 0 bridgehead atoms. The second kappa shape index (κ2) is 3.34. The maximum atomic E-state index is 12.8. The minimum atomic E-state index is -0.548. The molecule has 0 aromatic rings. The average molecular weight is 304 g/mol. The first-order chi connectivity index (χ1) is 10.2. The molecule has 0 saturated heterocycles. The maximum Gasteiger partial charge on any atom is 0.209 e. The standard InChI is InChI=1S/C16H24N4O2/c1-14(2)15(3)11-10-12(17-20(22)16(10,14)4)8-6-5-7-9(8)13(11)19(21)18-15/h8-13H,5-7H2,1-4H3/t8-,9+,10+,11-,12-,13+,15+,16-/m0/s1. The lowest BCUT2D eigenvalue weighted by molar-refractivity contribution is -0.619. The van der Waals surface area contributed by atoms with Gasteiger partial charge in [-0.25, -0.2) is 0 Å². The van der Waals surface area contributed by atoms with Gasteiger partial charge in [-0.1, -0.05) is 30.0 Å². The van der Waals surface area contributed by atoms with Gasteiger partial charge < -0.3 is 10.4 Å². The average Bonchev–Trinajstić information content (AvgIpc) is 3.10. The fourth-order valence-corrected chi connectivity index (χ4v) is 7.06. The third-order valence-electron chi connectivity index (χ3n) is 8.65. The second-order valence-corrected chi connectivity index (χ2v) is 9.00. The van der Waals surface area contributed by atoms with Gasteiger partial charge >= 0.3 is 0 Å². The van der Waals surface area contributed by atoms with Crippen LogP contribution in [0.5, 0.6) is 0 Å². The lowest BCUT2D eigenvalue weighted by Crippen LogP contribution is -2.55. The smallest absolute Gasteiger partial charge is 0.209 e. The number of hydrogen-bond donors (Lipinski definition) is 0. The highest BCUT2D eigenvalue weighted by molar-refractivity contribution is 5.28. The molecule has 5 aliphatic rings. The van der Waals surface area contributed by atoms with Crippen molar-refractivity contribution in [1.29, 1.82) is 0 Å². The van der Waals surface area contributed by atoms with E-state index in [1.54, 1.807) is 0 Å². The zero-order valence-corrected chi connectivity index (χ0v) is 13.7. The van der Waals surface area contributed by atoms with Crippen molar-refractivity contribution in [1.82, 2.24) is 0 Å². The lowest BCUT2D eigenvalue weighted by atomic mass is 9.61. The molecule has 8 atom stereocenters. The topological polar surface area (TPSA) is 76.9 Å². The number of azo groups is 2. The van der Waals surface area contributed by atoms with Crippen molar-refractivity contribution in [3.63, 3.8) is 0 Å². The summed E-state index contributed by atoms with van der Waals surface area (Å²) in [5.74, 6) is 1.09. The normalized spacial score (nSPS) is 60.0. The van der Waals surface area contributed by atoms with Gasteiger partial charge in [0.2, 0.25) is 5.54 Å². The third kappa shape index (κ3) is 0.984. The molecule has 0 aromatic carbocycles. The van der Waals surface area contributed by atoms with E-state index in [0.717, 1.165) is 29.0 Å². The molecule has 2 heterocycles. The molecule has 2 aliphatic heterocycles.